The molecule has 0 bridgehead atoms. The SMILES string of the molecule is COCCOC(=O)Nc1cccc2c1OCC2. The van der Waals surface area contributed by atoms with Crippen LogP contribution in [0.1, 0.15) is 5.56 Å². The predicted octanol–water partition coefficient (Wildman–Crippen LogP) is 1.82. The Morgan fingerprint density at radius 3 is 3.18 bits per heavy atom. The molecule has 1 aromatic rings. The van der Waals surface area contributed by atoms with Crippen molar-refractivity contribution in [2.75, 3.05) is 32.2 Å². The van der Waals surface area contributed by atoms with Crippen molar-refractivity contribution in [2.45, 2.75) is 6.42 Å². The average molecular weight is 237 g/mol. The minimum atomic E-state index is -0.494. The highest BCUT2D eigenvalue weighted by Crippen LogP contribution is 2.33. The zero-order valence-corrected chi connectivity index (χ0v) is 9.69. The van der Waals surface area contributed by atoms with Gasteiger partial charge >= 0.3 is 6.09 Å². The molecule has 0 atom stereocenters. The van der Waals surface area contributed by atoms with Crippen molar-refractivity contribution >= 4 is 11.8 Å². The van der Waals surface area contributed by atoms with E-state index in [1.807, 2.05) is 12.1 Å². The first kappa shape index (κ1) is 11.7. The smallest absolute Gasteiger partial charge is 0.411 e. The van der Waals surface area contributed by atoms with Gasteiger partial charge in [-0.2, -0.15) is 0 Å². The van der Waals surface area contributed by atoms with E-state index in [9.17, 15) is 4.79 Å². The molecule has 0 saturated carbocycles. The molecule has 0 fully saturated rings. The summed E-state index contributed by atoms with van der Waals surface area (Å²) in [5.74, 6) is 0.746. The van der Waals surface area contributed by atoms with Crippen LogP contribution < -0.4 is 10.1 Å². The number of carbonyl (C=O) groups is 1. The molecule has 0 saturated heterocycles. The number of rotatable bonds is 4. The molecule has 1 amide bonds. The number of para-hydroxylation sites is 1. The standard InChI is InChI=1S/C12H15NO4/c1-15-7-8-17-12(14)13-10-4-2-3-9-5-6-16-11(9)10/h2-4H,5-8H2,1H3,(H,13,14). The summed E-state index contributed by atoms with van der Waals surface area (Å²) >= 11 is 0. The van der Waals surface area contributed by atoms with Crippen LogP contribution in [0.15, 0.2) is 18.2 Å². The Balaban J connectivity index is 1.95. The predicted molar refractivity (Wildman–Crippen MR) is 62.5 cm³/mol. The fraction of sp³-hybridized carbons (Fsp3) is 0.417. The molecule has 1 N–H and O–H groups in total. The number of hydrogen-bond donors (Lipinski definition) is 1. The Bertz CT molecular complexity index is 405. The summed E-state index contributed by atoms with van der Waals surface area (Å²) in [6.45, 7) is 1.28. The Kier molecular flexibility index (Phi) is 3.82. The highest BCUT2D eigenvalue weighted by molar-refractivity contribution is 5.87. The van der Waals surface area contributed by atoms with Gasteiger partial charge in [0.05, 0.1) is 18.9 Å². The summed E-state index contributed by atoms with van der Waals surface area (Å²) in [4.78, 5) is 11.4. The van der Waals surface area contributed by atoms with Crippen LogP contribution in [0.3, 0.4) is 0 Å². The van der Waals surface area contributed by atoms with Crippen molar-refractivity contribution in [1.82, 2.24) is 0 Å². The van der Waals surface area contributed by atoms with Gasteiger partial charge in [-0.15, -0.1) is 0 Å². The summed E-state index contributed by atoms with van der Waals surface area (Å²) in [5.41, 5.74) is 1.77. The number of methoxy groups -OCH3 is 1. The number of carbonyl (C=O) groups excluding carboxylic acids is 1. The minimum absolute atomic E-state index is 0.234. The molecule has 0 unspecified atom stereocenters. The van der Waals surface area contributed by atoms with Crippen molar-refractivity contribution in [3.05, 3.63) is 23.8 Å². The van der Waals surface area contributed by atoms with E-state index in [-0.39, 0.29) is 6.61 Å². The first-order valence-electron chi connectivity index (χ1n) is 5.48. The Morgan fingerprint density at radius 2 is 2.35 bits per heavy atom. The third-order valence-electron chi connectivity index (χ3n) is 2.47. The molecule has 1 aliphatic rings. The van der Waals surface area contributed by atoms with E-state index in [0.717, 1.165) is 17.7 Å². The molecule has 92 valence electrons. The molecule has 5 nitrogen and oxygen atoms in total. The Labute approximate surface area is 99.7 Å². The molecule has 0 aromatic heterocycles. The largest absolute Gasteiger partial charge is 0.491 e. The van der Waals surface area contributed by atoms with E-state index in [2.05, 4.69) is 5.32 Å². The maximum atomic E-state index is 11.4. The van der Waals surface area contributed by atoms with Crippen LogP contribution in [0, 0.1) is 0 Å². The zero-order chi connectivity index (χ0) is 12.1. The van der Waals surface area contributed by atoms with E-state index in [0.29, 0.717) is 18.9 Å². The molecule has 17 heavy (non-hydrogen) atoms. The summed E-state index contributed by atoms with van der Waals surface area (Å²) < 4.78 is 15.2. The lowest BCUT2D eigenvalue weighted by atomic mass is 10.1. The second-order valence-corrected chi connectivity index (χ2v) is 3.65. The molecule has 1 aliphatic heterocycles. The summed E-state index contributed by atoms with van der Waals surface area (Å²) in [6, 6.07) is 5.67. The fourth-order valence-corrected chi connectivity index (χ4v) is 1.68. The number of amides is 1. The van der Waals surface area contributed by atoms with Gasteiger partial charge < -0.3 is 14.2 Å². The molecule has 0 spiro atoms. The third-order valence-corrected chi connectivity index (χ3v) is 2.47. The van der Waals surface area contributed by atoms with E-state index < -0.39 is 6.09 Å². The number of nitrogens with one attached hydrogen (secondary N) is 1. The quantitative estimate of drug-likeness (QED) is 0.811. The van der Waals surface area contributed by atoms with Crippen LogP contribution in [0.25, 0.3) is 0 Å². The zero-order valence-electron chi connectivity index (χ0n) is 9.69. The highest BCUT2D eigenvalue weighted by Gasteiger charge is 2.17. The van der Waals surface area contributed by atoms with Gasteiger partial charge in [-0.1, -0.05) is 12.1 Å². The van der Waals surface area contributed by atoms with Gasteiger partial charge in [0, 0.05) is 13.5 Å². The lowest BCUT2D eigenvalue weighted by Gasteiger charge is -2.09. The maximum Gasteiger partial charge on any atom is 0.411 e. The summed E-state index contributed by atoms with van der Waals surface area (Å²) in [7, 11) is 1.55. The van der Waals surface area contributed by atoms with E-state index >= 15 is 0 Å². The second-order valence-electron chi connectivity index (χ2n) is 3.65. The van der Waals surface area contributed by atoms with E-state index in [4.69, 9.17) is 14.2 Å². The molecular formula is C12H15NO4. The molecule has 0 aliphatic carbocycles. The monoisotopic (exact) mass is 237 g/mol. The second kappa shape index (κ2) is 5.54. The van der Waals surface area contributed by atoms with Crippen LogP contribution in [-0.2, 0) is 15.9 Å². The number of anilines is 1. The number of hydrogen-bond acceptors (Lipinski definition) is 4. The number of ether oxygens (including phenoxy) is 3. The Morgan fingerprint density at radius 1 is 1.47 bits per heavy atom. The van der Waals surface area contributed by atoms with Crippen molar-refractivity contribution in [2.24, 2.45) is 0 Å². The first-order valence-corrected chi connectivity index (χ1v) is 5.48. The van der Waals surface area contributed by atoms with E-state index in [1.54, 1.807) is 13.2 Å². The average Bonchev–Trinajstić information content (AvgIpc) is 2.78. The van der Waals surface area contributed by atoms with Gasteiger partial charge in [-0.3, -0.25) is 5.32 Å². The first-order chi connectivity index (χ1) is 8.31. The third kappa shape index (κ3) is 2.88. The van der Waals surface area contributed by atoms with Crippen LogP contribution in [0.5, 0.6) is 5.75 Å². The number of benzene rings is 1. The lowest BCUT2D eigenvalue weighted by Crippen LogP contribution is -2.16. The molecule has 2 rings (SSSR count). The maximum absolute atomic E-state index is 11.4. The van der Waals surface area contributed by atoms with Crippen molar-refractivity contribution in [3.63, 3.8) is 0 Å². The Hall–Kier alpha value is -1.75. The number of fused-ring (bicyclic) bond motifs is 1. The van der Waals surface area contributed by atoms with Gasteiger partial charge in [-0.05, 0) is 11.6 Å². The van der Waals surface area contributed by atoms with Crippen LogP contribution in [0.4, 0.5) is 10.5 Å². The molecular weight excluding hydrogens is 222 g/mol. The van der Waals surface area contributed by atoms with E-state index in [1.165, 1.54) is 0 Å². The van der Waals surface area contributed by atoms with Gasteiger partial charge in [-0.25, -0.2) is 4.79 Å². The van der Waals surface area contributed by atoms with Crippen LogP contribution >= 0.6 is 0 Å². The summed E-state index contributed by atoms with van der Waals surface area (Å²) in [6.07, 6.45) is 0.384. The normalized spacial score (nSPS) is 12.8. The van der Waals surface area contributed by atoms with Crippen LogP contribution in [-0.4, -0.2) is 33.0 Å². The minimum Gasteiger partial charge on any atom is -0.491 e. The van der Waals surface area contributed by atoms with Crippen molar-refractivity contribution in [3.8, 4) is 5.75 Å². The van der Waals surface area contributed by atoms with Gasteiger partial charge in [0.25, 0.3) is 0 Å². The van der Waals surface area contributed by atoms with Crippen molar-refractivity contribution < 1.29 is 19.0 Å². The summed E-state index contributed by atoms with van der Waals surface area (Å²) in [5, 5.41) is 2.66. The fourth-order valence-electron chi connectivity index (χ4n) is 1.68. The molecule has 1 aromatic carbocycles. The van der Waals surface area contributed by atoms with Gasteiger partial charge in [0.2, 0.25) is 0 Å². The molecule has 0 radical (unpaired) electrons. The topological polar surface area (TPSA) is 56.8 Å². The van der Waals surface area contributed by atoms with Gasteiger partial charge in [0.1, 0.15) is 12.4 Å². The molecule has 1 heterocycles. The molecule has 5 heteroatoms. The lowest BCUT2D eigenvalue weighted by molar-refractivity contribution is 0.107. The van der Waals surface area contributed by atoms with Crippen molar-refractivity contribution in [1.29, 1.82) is 0 Å². The van der Waals surface area contributed by atoms with Gasteiger partial charge in [0.15, 0.2) is 0 Å². The highest BCUT2D eigenvalue weighted by atomic mass is 16.6. The van der Waals surface area contributed by atoms with Crippen LogP contribution in [0.2, 0.25) is 0 Å².